The first-order valence-corrected chi connectivity index (χ1v) is 8.05. The molecule has 1 rings (SSSR count). The molecule has 0 atom stereocenters. The highest BCUT2D eigenvalue weighted by Gasteiger charge is 2.28. The van der Waals surface area contributed by atoms with Crippen LogP contribution in [0.2, 0.25) is 0 Å². The van der Waals surface area contributed by atoms with E-state index in [1.54, 1.807) is 0 Å². The topological polar surface area (TPSA) is 49.7 Å². The van der Waals surface area contributed by atoms with Gasteiger partial charge in [-0.3, -0.25) is 0 Å². The van der Waals surface area contributed by atoms with Gasteiger partial charge in [-0.15, -0.1) is 0 Å². The first kappa shape index (κ1) is 19.0. The van der Waals surface area contributed by atoms with Crippen LogP contribution < -0.4 is 0 Å². The maximum Gasteiger partial charge on any atom is 0.123 e. The second-order valence-electron chi connectivity index (χ2n) is 8.06. The lowest BCUT2D eigenvalue weighted by Crippen LogP contribution is -2.20. The molecule has 126 valence electrons. The van der Waals surface area contributed by atoms with Crippen molar-refractivity contribution in [3.05, 3.63) is 28.3 Å². The lowest BCUT2D eigenvalue weighted by atomic mass is 9.76. The molecule has 1 aromatic carbocycles. The van der Waals surface area contributed by atoms with Crippen LogP contribution in [-0.4, -0.2) is 23.4 Å². The van der Waals surface area contributed by atoms with Gasteiger partial charge in [-0.05, 0) is 46.9 Å². The highest BCUT2D eigenvalue weighted by Crippen LogP contribution is 2.42. The Kier molecular flexibility index (Phi) is 6.05. The Hall–Kier alpha value is -1.06. The maximum atomic E-state index is 10.8. The molecule has 2 N–H and O–H groups in total. The summed E-state index contributed by atoms with van der Waals surface area (Å²) in [5.41, 5.74) is 3.92. The van der Waals surface area contributed by atoms with E-state index >= 15 is 0 Å². The number of rotatable bonds is 5. The molecule has 3 heteroatoms. The Balaban J connectivity index is 3.33. The van der Waals surface area contributed by atoms with E-state index in [2.05, 4.69) is 54.5 Å². The lowest BCUT2D eigenvalue weighted by molar-refractivity contribution is 0.103. The zero-order chi connectivity index (χ0) is 17.1. The third-order valence-electron chi connectivity index (χ3n) is 3.93. The molecule has 22 heavy (non-hydrogen) atoms. The number of hydrogen-bond donors (Lipinski definition) is 2. The fraction of sp³-hybridized carbons (Fsp3) is 0.684. The molecule has 0 saturated heterocycles. The average Bonchev–Trinajstić information content (AvgIpc) is 2.33. The lowest BCUT2D eigenvalue weighted by Gasteiger charge is -2.30. The molecule has 0 aromatic heterocycles. The molecule has 0 amide bonds. The number of aliphatic hydroxyl groups excluding tert-OH is 1. The molecule has 0 heterocycles. The van der Waals surface area contributed by atoms with Crippen molar-refractivity contribution in [3.8, 4) is 5.75 Å². The fourth-order valence-corrected chi connectivity index (χ4v) is 2.81. The molecule has 0 unspecified atom stereocenters. The summed E-state index contributed by atoms with van der Waals surface area (Å²) in [6.07, 6.45) is 0.648. The van der Waals surface area contributed by atoms with Crippen molar-refractivity contribution in [2.24, 2.45) is 0 Å². The molecule has 0 fully saturated rings. The number of aromatic hydroxyl groups is 1. The van der Waals surface area contributed by atoms with E-state index in [1.807, 2.05) is 0 Å². The van der Waals surface area contributed by atoms with Crippen molar-refractivity contribution in [1.29, 1.82) is 0 Å². The monoisotopic (exact) mass is 308 g/mol. The van der Waals surface area contributed by atoms with Crippen LogP contribution >= 0.6 is 0 Å². The summed E-state index contributed by atoms with van der Waals surface area (Å²) in [4.78, 5) is 0. The van der Waals surface area contributed by atoms with Crippen molar-refractivity contribution in [2.75, 3.05) is 13.2 Å². The summed E-state index contributed by atoms with van der Waals surface area (Å²) in [5.74, 6) is 0.414. The predicted octanol–water partition coefficient (Wildman–Crippen LogP) is 4.19. The molecule has 0 saturated carbocycles. The Labute approximate surface area is 135 Å². The Bertz CT molecular complexity index is 505. The van der Waals surface area contributed by atoms with Gasteiger partial charge in [0.1, 0.15) is 5.75 Å². The molecule has 3 nitrogen and oxygen atoms in total. The van der Waals surface area contributed by atoms with Crippen LogP contribution in [-0.2, 0) is 22.2 Å². The third kappa shape index (κ3) is 4.47. The molecule has 0 bridgehead atoms. The molecule has 0 aliphatic heterocycles. The minimum absolute atomic E-state index is 0.127. The first-order chi connectivity index (χ1) is 10.00. The van der Waals surface area contributed by atoms with Gasteiger partial charge in [-0.2, -0.15) is 0 Å². The molecule has 0 radical (unpaired) electrons. The van der Waals surface area contributed by atoms with E-state index in [1.165, 1.54) is 0 Å². The second kappa shape index (κ2) is 7.01. The number of benzene rings is 1. The molecular formula is C19H32O3. The number of phenolic OH excluding ortho intramolecular Hbond substituents is 1. The van der Waals surface area contributed by atoms with Crippen molar-refractivity contribution in [1.82, 2.24) is 0 Å². The number of ether oxygens (including phenoxy) is 1. The van der Waals surface area contributed by atoms with Crippen LogP contribution in [0.1, 0.15) is 70.2 Å². The highest BCUT2D eigenvalue weighted by molar-refractivity contribution is 5.54. The van der Waals surface area contributed by atoms with Gasteiger partial charge in [-0.25, -0.2) is 0 Å². The average molecular weight is 308 g/mol. The van der Waals surface area contributed by atoms with E-state index in [9.17, 15) is 5.11 Å². The van der Waals surface area contributed by atoms with Crippen LogP contribution in [0.15, 0.2) is 6.07 Å². The number of aliphatic hydroxyl groups is 1. The number of phenols is 1. The summed E-state index contributed by atoms with van der Waals surface area (Å²) in [6, 6.07) is 2.07. The molecular weight excluding hydrogens is 276 g/mol. The normalized spacial score (nSPS) is 12.7. The van der Waals surface area contributed by atoms with Crippen LogP contribution in [0, 0.1) is 6.92 Å². The van der Waals surface area contributed by atoms with Gasteiger partial charge in [0.15, 0.2) is 0 Å². The minimum atomic E-state index is -0.130. The highest BCUT2D eigenvalue weighted by atomic mass is 16.5. The predicted molar refractivity (Wildman–Crippen MR) is 91.6 cm³/mol. The smallest absolute Gasteiger partial charge is 0.123 e. The van der Waals surface area contributed by atoms with Crippen LogP contribution in [0.4, 0.5) is 0 Å². The van der Waals surface area contributed by atoms with Gasteiger partial charge in [0.25, 0.3) is 0 Å². The number of hydrogen-bond acceptors (Lipinski definition) is 3. The first-order valence-electron chi connectivity index (χ1n) is 8.05. The van der Waals surface area contributed by atoms with Gasteiger partial charge in [0.2, 0.25) is 0 Å². The minimum Gasteiger partial charge on any atom is -0.507 e. The Morgan fingerprint density at radius 2 is 1.64 bits per heavy atom. The molecule has 1 aromatic rings. The SMILES string of the molecule is Cc1c(COCCCO)cc(C(C)(C)C)c(O)c1C(C)(C)C. The largest absolute Gasteiger partial charge is 0.507 e. The molecule has 0 aliphatic rings. The van der Waals surface area contributed by atoms with Gasteiger partial charge in [0, 0.05) is 18.8 Å². The van der Waals surface area contributed by atoms with E-state index in [-0.39, 0.29) is 17.4 Å². The van der Waals surface area contributed by atoms with Gasteiger partial charge >= 0.3 is 0 Å². The van der Waals surface area contributed by atoms with Gasteiger partial charge < -0.3 is 14.9 Å². The zero-order valence-corrected chi connectivity index (χ0v) is 15.2. The van der Waals surface area contributed by atoms with Crippen LogP contribution in [0.5, 0.6) is 5.75 Å². The molecule has 0 spiro atoms. The molecule has 0 aliphatic carbocycles. The Morgan fingerprint density at radius 1 is 1.05 bits per heavy atom. The summed E-state index contributed by atoms with van der Waals surface area (Å²) in [5, 5.41) is 19.6. The summed E-state index contributed by atoms with van der Waals surface area (Å²) < 4.78 is 5.67. The van der Waals surface area contributed by atoms with Gasteiger partial charge in [-0.1, -0.05) is 41.5 Å². The van der Waals surface area contributed by atoms with E-state index < -0.39 is 0 Å². The van der Waals surface area contributed by atoms with Crippen molar-refractivity contribution in [2.45, 2.75) is 72.3 Å². The van der Waals surface area contributed by atoms with Crippen molar-refractivity contribution in [3.63, 3.8) is 0 Å². The van der Waals surface area contributed by atoms with E-state index in [0.717, 1.165) is 22.3 Å². The maximum absolute atomic E-state index is 10.8. The fourth-order valence-electron chi connectivity index (χ4n) is 2.81. The van der Waals surface area contributed by atoms with Crippen LogP contribution in [0.3, 0.4) is 0 Å². The van der Waals surface area contributed by atoms with Crippen LogP contribution in [0.25, 0.3) is 0 Å². The van der Waals surface area contributed by atoms with Crippen molar-refractivity contribution < 1.29 is 14.9 Å². The quantitative estimate of drug-likeness (QED) is 0.802. The third-order valence-corrected chi connectivity index (χ3v) is 3.93. The standard InChI is InChI=1S/C19H32O3/c1-13-14(12-22-10-8-9-20)11-15(18(2,3)4)17(21)16(13)19(5,6)7/h11,20-21H,8-10,12H2,1-7H3. The Morgan fingerprint density at radius 3 is 2.09 bits per heavy atom. The summed E-state index contributed by atoms with van der Waals surface area (Å²) in [6.45, 7) is 16.0. The summed E-state index contributed by atoms with van der Waals surface area (Å²) in [7, 11) is 0. The zero-order valence-electron chi connectivity index (χ0n) is 15.2. The van der Waals surface area contributed by atoms with E-state index in [4.69, 9.17) is 9.84 Å². The van der Waals surface area contributed by atoms with Gasteiger partial charge in [0.05, 0.1) is 6.61 Å². The van der Waals surface area contributed by atoms with Crippen molar-refractivity contribution >= 4 is 0 Å². The summed E-state index contributed by atoms with van der Waals surface area (Å²) >= 11 is 0. The van der Waals surface area contributed by atoms with E-state index in [0.29, 0.717) is 25.4 Å². The second-order valence-corrected chi connectivity index (χ2v) is 8.06.